The molecule has 0 atom stereocenters. The molecule has 50 heavy (non-hydrogen) atoms. The van der Waals surface area contributed by atoms with Gasteiger partial charge in [0.2, 0.25) is 0 Å². The summed E-state index contributed by atoms with van der Waals surface area (Å²) in [6, 6.07) is 55.5. The molecular formula is C46H27BN2S. The molecule has 5 heterocycles. The van der Waals surface area contributed by atoms with Gasteiger partial charge in [0.05, 0.1) is 15.9 Å². The second-order valence-corrected chi connectivity index (χ2v) is 15.5. The number of thiophene rings is 1. The maximum Gasteiger partial charge on any atom is 0.333 e. The lowest BCUT2D eigenvalue weighted by Gasteiger charge is -2.49. The average Bonchev–Trinajstić information content (AvgIpc) is 3.79. The van der Waals surface area contributed by atoms with Gasteiger partial charge in [-0.3, -0.25) is 0 Å². The molecule has 0 saturated heterocycles. The van der Waals surface area contributed by atoms with Crippen LogP contribution in [0.3, 0.4) is 0 Å². The lowest BCUT2D eigenvalue weighted by molar-refractivity contribution is 0.753. The highest BCUT2D eigenvalue weighted by Gasteiger charge is 2.55. The molecule has 0 radical (unpaired) electrons. The fraction of sp³-hybridized carbons (Fsp3) is 0.0435. The Balaban J connectivity index is 1.24. The molecule has 0 saturated carbocycles. The Labute approximate surface area is 293 Å². The molecule has 7 aromatic carbocycles. The molecule has 0 bridgehead atoms. The molecule has 230 valence electrons. The van der Waals surface area contributed by atoms with E-state index in [0.29, 0.717) is 0 Å². The number of aromatic nitrogens is 1. The number of rotatable bonds is 0. The van der Waals surface area contributed by atoms with Crippen molar-refractivity contribution in [2.75, 3.05) is 4.90 Å². The van der Waals surface area contributed by atoms with Gasteiger partial charge in [0, 0.05) is 43.3 Å². The van der Waals surface area contributed by atoms with Crippen molar-refractivity contribution in [2.45, 2.75) is 12.3 Å². The summed E-state index contributed by atoms with van der Waals surface area (Å²) in [5.41, 5.74) is 19.8. The van der Waals surface area contributed by atoms with Crippen LogP contribution < -0.4 is 15.8 Å². The van der Waals surface area contributed by atoms with E-state index in [-0.39, 0.29) is 6.85 Å². The van der Waals surface area contributed by atoms with Crippen LogP contribution in [-0.4, -0.2) is 11.3 Å². The first kappa shape index (κ1) is 26.1. The second kappa shape index (κ2) is 8.65. The summed E-state index contributed by atoms with van der Waals surface area (Å²) in [5, 5.41) is 4.10. The van der Waals surface area contributed by atoms with Gasteiger partial charge >= 0.3 is 6.85 Å². The highest BCUT2D eigenvalue weighted by atomic mass is 32.1. The van der Waals surface area contributed by atoms with Gasteiger partial charge in [-0.2, -0.15) is 0 Å². The lowest BCUT2D eigenvalue weighted by Crippen LogP contribution is -2.58. The van der Waals surface area contributed by atoms with Crippen molar-refractivity contribution >= 4 is 77.4 Å². The van der Waals surface area contributed by atoms with Crippen LogP contribution in [0.4, 0.5) is 17.1 Å². The molecular weight excluding hydrogens is 623 g/mol. The number of para-hydroxylation sites is 3. The number of anilines is 3. The maximum atomic E-state index is 2.72. The maximum absolute atomic E-state index is 2.72. The third kappa shape index (κ3) is 2.72. The van der Waals surface area contributed by atoms with Crippen LogP contribution in [0.1, 0.15) is 27.8 Å². The smallest absolute Gasteiger partial charge is 0.333 e. The third-order valence-electron chi connectivity index (χ3n) is 12.2. The van der Waals surface area contributed by atoms with Gasteiger partial charge in [-0.25, -0.2) is 0 Å². The van der Waals surface area contributed by atoms with E-state index in [0.717, 1.165) is 0 Å². The Hall–Kier alpha value is -5.84. The molecule has 2 aromatic heterocycles. The fourth-order valence-corrected chi connectivity index (χ4v) is 11.8. The number of hydrogen-bond donors (Lipinski definition) is 0. The average molecular weight is 651 g/mol. The topological polar surface area (TPSA) is 8.17 Å². The van der Waals surface area contributed by atoms with Gasteiger partial charge in [0.25, 0.3) is 0 Å². The van der Waals surface area contributed by atoms with Crippen LogP contribution in [-0.2, 0) is 5.41 Å². The summed E-state index contributed by atoms with van der Waals surface area (Å²) in [5.74, 6) is 0. The van der Waals surface area contributed by atoms with Crippen LogP contribution in [0.25, 0.3) is 53.5 Å². The Morgan fingerprint density at radius 3 is 2.06 bits per heavy atom. The lowest BCUT2D eigenvalue weighted by atomic mass is 9.44. The predicted octanol–water partition coefficient (Wildman–Crippen LogP) is 10.4. The largest absolute Gasteiger partial charge is 0.367 e. The molecule has 1 spiro atoms. The van der Waals surface area contributed by atoms with Crippen LogP contribution in [0, 0.1) is 6.92 Å². The molecule has 0 unspecified atom stereocenters. The summed E-state index contributed by atoms with van der Waals surface area (Å²) < 4.78 is 4.07. The molecule has 9 aromatic rings. The summed E-state index contributed by atoms with van der Waals surface area (Å²) in [6.07, 6.45) is 0. The van der Waals surface area contributed by atoms with E-state index in [1.165, 1.54) is 109 Å². The van der Waals surface area contributed by atoms with E-state index in [9.17, 15) is 0 Å². The van der Waals surface area contributed by atoms with E-state index in [1.807, 2.05) is 11.3 Å². The van der Waals surface area contributed by atoms with Gasteiger partial charge in [-0.05, 0) is 80.6 Å². The first-order valence-electron chi connectivity index (χ1n) is 17.6. The van der Waals surface area contributed by atoms with E-state index in [2.05, 4.69) is 162 Å². The molecule has 1 aliphatic carbocycles. The van der Waals surface area contributed by atoms with Crippen LogP contribution >= 0.6 is 11.3 Å². The second-order valence-electron chi connectivity index (χ2n) is 14.4. The first-order valence-corrected chi connectivity index (χ1v) is 18.4. The summed E-state index contributed by atoms with van der Waals surface area (Å²) in [6.45, 7) is 2.32. The van der Waals surface area contributed by atoms with Crippen LogP contribution in [0.5, 0.6) is 0 Å². The molecule has 13 rings (SSSR count). The van der Waals surface area contributed by atoms with Gasteiger partial charge in [-0.15, -0.1) is 11.3 Å². The number of benzene rings is 7. The number of hydrogen-bond acceptors (Lipinski definition) is 2. The predicted molar refractivity (Wildman–Crippen MR) is 211 cm³/mol. The number of fused-ring (bicyclic) bond motifs is 18. The molecule has 0 amide bonds. The van der Waals surface area contributed by atoms with E-state index in [4.69, 9.17) is 0 Å². The highest BCUT2D eigenvalue weighted by molar-refractivity contribution is 7.26. The van der Waals surface area contributed by atoms with E-state index < -0.39 is 5.41 Å². The van der Waals surface area contributed by atoms with Crippen molar-refractivity contribution in [3.63, 3.8) is 0 Å². The molecule has 3 aliphatic heterocycles. The minimum Gasteiger partial charge on any atom is -0.367 e. The van der Waals surface area contributed by atoms with Crippen LogP contribution in [0.15, 0.2) is 146 Å². The minimum atomic E-state index is -0.429. The van der Waals surface area contributed by atoms with Crippen molar-refractivity contribution in [3.05, 3.63) is 173 Å². The number of aryl methyl sites for hydroxylation is 1. The Bertz CT molecular complexity index is 2990. The molecule has 4 aliphatic rings. The van der Waals surface area contributed by atoms with Gasteiger partial charge < -0.3 is 9.38 Å². The molecule has 0 N–H and O–H groups in total. The van der Waals surface area contributed by atoms with Crippen molar-refractivity contribution < 1.29 is 0 Å². The first-order chi connectivity index (χ1) is 24.7. The minimum absolute atomic E-state index is 0.0453. The van der Waals surface area contributed by atoms with Crippen molar-refractivity contribution in [2.24, 2.45) is 0 Å². The summed E-state index contributed by atoms with van der Waals surface area (Å²) >= 11 is 1.95. The Morgan fingerprint density at radius 1 is 0.560 bits per heavy atom. The Morgan fingerprint density at radius 2 is 1.22 bits per heavy atom. The molecule has 2 nitrogen and oxygen atoms in total. The van der Waals surface area contributed by atoms with Gasteiger partial charge in [-0.1, -0.05) is 127 Å². The third-order valence-corrected chi connectivity index (χ3v) is 13.4. The summed E-state index contributed by atoms with van der Waals surface area (Å²) in [7, 11) is 0. The zero-order valence-corrected chi connectivity index (χ0v) is 28.1. The van der Waals surface area contributed by atoms with Crippen molar-refractivity contribution in [1.82, 2.24) is 4.48 Å². The van der Waals surface area contributed by atoms with E-state index >= 15 is 0 Å². The SMILES string of the molecule is Cc1cc2c3c(c1)N1c4ccccc4C4(c5ccccc5-c5ccccc54)c4cccc(c41)B3n1c3sc4ccccc4c3c3cccc-2c31. The highest BCUT2D eigenvalue weighted by Crippen LogP contribution is 2.64. The monoisotopic (exact) mass is 650 g/mol. The van der Waals surface area contributed by atoms with Crippen molar-refractivity contribution in [1.29, 1.82) is 0 Å². The fourth-order valence-electron chi connectivity index (χ4n) is 10.6. The zero-order valence-electron chi connectivity index (χ0n) is 27.2. The Kier molecular flexibility index (Phi) is 4.52. The zero-order chi connectivity index (χ0) is 32.5. The standard InChI is InChI=1S/C46H27BN2S/c1-26-24-32-29-15-10-16-31-41-30-14-4-9-23-40(30)50-45(41)49(43(29)31)47-37-21-11-20-36-44(37)48(39(25-26)42(32)47)38-22-8-7-19-35(38)46(36)33-17-5-2-12-27(33)28-13-3-6-18-34(28)46/h2-25H,1H3. The van der Waals surface area contributed by atoms with Gasteiger partial charge in [0.1, 0.15) is 0 Å². The van der Waals surface area contributed by atoms with Gasteiger partial charge in [0.15, 0.2) is 0 Å². The summed E-state index contributed by atoms with van der Waals surface area (Å²) in [4.78, 5) is 4.00. The molecule has 4 heteroatoms. The molecule has 0 fully saturated rings. The van der Waals surface area contributed by atoms with Crippen molar-refractivity contribution in [3.8, 4) is 22.3 Å². The normalized spacial score (nSPS) is 15.0. The van der Waals surface area contributed by atoms with Crippen LogP contribution in [0.2, 0.25) is 0 Å². The quantitative estimate of drug-likeness (QED) is 0.148. The number of nitrogens with zero attached hydrogens (tertiary/aromatic N) is 2. The van der Waals surface area contributed by atoms with E-state index in [1.54, 1.807) is 0 Å².